The van der Waals surface area contributed by atoms with E-state index >= 15 is 0 Å². The molecule has 2 aromatic rings. The number of anilines is 2. The van der Waals surface area contributed by atoms with E-state index in [4.69, 9.17) is 22.1 Å². The number of nitrogens with one attached hydrogen (secondary N) is 1. The molecule has 0 fully saturated rings. The highest BCUT2D eigenvalue weighted by Crippen LogP contribution is 2.56. The molecule has 3 amide bonds. The molecule has 0 unspecified atom stereocenters. The summed E-state index contributed by atoms with van der Waals surface area (Å²) in [4.78, 5) is 69.1. The number of ether oxygens (including phenoxy) is 1. The van der Waals surface area contributed by atoms with E-state index in [1.165, 1.54) is 41.3 Å². The molecule has 1 atom stereocenters. The number of nitro benzene ring substituents is 1. The zero-order chi connectivity index (χ0) is 29.1. The van der Waals surface area contributed by atoms with Gasteiger partial charge >= 0.3 is 5.97 Å². The van der Waals surface area contributed by atoms with Gasteiger partial charge in [-0.25, -0.2) is 4.79 Å². The Bertz CT molecular complexity index is 1580. The normalized spacial score (nSPS) is 20.0. The number of amides is 3. The van der Waals surface area contributed by atoms with E-state index in [2.05, 4.69) is 5.32 Å². The molecule has 2 aromatic carbocycles. The van der Waals surface area contributed by atoms with Crippen LogP contribution >= 0.6 is 11.6 Å². The fraction of sp³-hybridized carbons (Fsp3) is 0.259. The van der Waals surface area contributed by atoms with Gasteiger partial charge in [-0.05, 0) is 43.2 Å². The topological polar surface area (TPSA) is 165 Å². The average Bonchev–Trinajstić information content (AvgIpc) is 3.30. The maximum atomic E-state index is 14.2. The van der Waals surface area contributed by atoms with E-state index in [9.17, 15) is 29.3 Å². The smallest absolute Gasteiger partial charge is 0.339 e. The molecule has 3 aliphatic heterocycles. The van der Waals surface area contributed by atoms with Crippen LogP contribution in [0.15, 0.2) is 65.1 Å². The highest BCUT2D eigenvalue weighted by molar-refractivity contribution is 6.31. The molecule has 0 bridgehead atoms. The quantitative estimate of drug-likeness (QED) is 0.232. The predicted molar refractivity (Wildman–Crippen MR) is 144 cm³/mol. The van der Waals surface area contributed by atoms with Gasteiger partial charge in [0.15, 0.2) is 0 Å². The third kappa shape index (κ3) is 3.67. The highest BCUT2D eigenvalue weighted by atomic mass is 35.5. The molecule has 13 heteroatoms. The largest absolute Gasteiger partial charge is 0.462 e. The second kappa shape index (κ2) is 9.49. The highest BCUT2D eigenvalue weighted by Gasteiger charge is 2.66. The van der Waals surface area contributed by atoms with Crippen LogP contribution in [0.4, 0.5) is 17.1 Å². The van der Waals surface area contributed by atoms with Crippen molar-refractivity contribution in [1.29, 1.82) is 0 Å². The Morgan fingerprint density at radius 3 is 2.42 bits per heavy atom. The minimum Gasteiger partial charge on any atom is -0.462 e. The number of nitrogens with zero attached hydrogens (tertiary/aromatic N) is 3. The van der Waals surface area contributed by atoms with Crippen molar-refractivity contribution in [3.05, 3.63) is 85.8 Å². The van der Waals surface area contributed by atoms with E-state index in [0.717, 1.165) is 11.0 Å². The summed E-state index contributed by atoms with van der Waals surface area (Å²) in [5, 5.41) is 14.7. The van der Waals surface area contributed by atoms with E-state index in [0.29, 0.717) is 5.02 Å². The van der Waals surface area contributed by atoms with Crippen molar-refractivity contribution in [3.8, 4) is 0 Å². The van der Waals surface area contributed by atoms with Gasteiger partial charge in [0.05, 0.1) is 17.1 Å². The number of rotatable bonds is 6. The molecule has 206 valence electrons. The first-order valence-corrected chi connectivity index (χ1v) is 12.8. The molecule has 0 aliphatic carbocycles. The fourth-order valence-electron chi connectivity index (χ4n) is 5.41. The molecule has 0 radical (unpaired) electrons. The molecule has 3 N–H and O–H groups in total. The Morgan fingerprint density at radius 2 is 1.82 bits per heavy atom. The maximum absolute atomic E-state index is 14.2. The number of nitrogens with two attached hydrogens (primary N) is 1. The van der Waals surface area contributed by atoms with Crippen molar-refractivity contribution in [1.82, 2.24) is 4.90 Å². The van der Waals surface area contributed by atoms with Gasteiger partial charge in [0.2, 0.25) is 5.91 Å². The molecule has 0 saturated heterocycles. The lowest BCUT2D eigenvalue weighted by atomic mass is 9.66. The van der Waals surface area contributed by atoms with Crippen LogP contribution in [0.5, 0.6) is 0 Å². The predicted octanol–water partition coefficient (Wildman–Crippen LogP) is 2.97. The van der Waals surface area contributed by atoms with Gasteiger partial charge in [0.1, 0.15) is 22.5 Å². The van der Waals surface area contributed by atoms with Crippen LogP contribution < -0.4 is 16.0 Å². The number of carbonyl (C=O) groups is 4. The molecule has 3 heterocycles. The third-order valence-electron chi connectivity index (χ3n) is 6.93. The SMILES string of the molecule is CCOC(=O)C1=C(N)N(c2ccc(Cl)cc2)C2=C(C(=O)N(CC(C)C)C2=O)[C@]12C(=O)Nc1ccc([N+](=O)[O-])cc12. The number of benzene rings is 2. The second-order valence-electron chi connectivity index (χ2n) is 9.82. The van der Waals surface area contributed by atoms with Crippen molar-refractivity contribution in [2.75, 3.05) is 23.4 Å². The summed E-state index contributed by atoms with van der Waals surface area (Å²) in [5.41, 5.74) is 3.28. The van der Waals surface area contributed by atoms with Crippen LogP contribution in [-0.2, 0) is 29.3 Å². The van der Waals surface area contributed by atoms with Crippen LogP contribution in [0.1, 0.15) is 26.3 Å². The molecule has 12 nitrogen and oxygen atoms in total. The van der Waals surface area contributed by atoms with Crippen LogP contribution in [0, 0.1) is 16.0 Å². The number of carbonyl (C=O) groups excluding carboxylic acids is 4. The monoisotopic (exact) mass is 565 g/mol. The number of non-ortho nitro benzene ring substituents is 1. The number of hydrogen-bond acceptors (Lipinski definition) is 9. The second-order valence-corrected chi connectivity index (χ2v) is 10.3. The standard InChI is InChI=1S/C27H24ClN5O7/c1-4-40-25(36)20-22(29)32(15-7-5-14(28)6-8-15)21-19(23(34)31(24(21)35)12-13(2)3)27(20)17-11-16(33(38)39)9-10-18(17)30-26(27)37/h5-11,13H,4,12,29H2,1-3H3,(H,30,37)/t27-/m0/s1. The van der Waals surface area contributed by atoms with E-state index in [1.54, 1.807) is 6.92 Å². The first-order valence-electron chi connectivity index (χ1n) is 12.4. The van der Waals surface area contributed by atoms with Gasteiger partial charge in [-0.1, -0.05) is 25.4 Å². The lowest BCUT2D eigenvalue weighted by molar-refractivity contribution is -0.384. The Morgan fingerprint density at radius 1 is 1.15 bits per heavy atom. The van der Waals surface area contributed by atoms with Crippen molar-refractivity contribution in [2.45, 2.75) is 26.2 Å². The third-order valence-corrected chi connectivity index (χ3v) is 7.19. The van der Waals surface area contributed by atoms with Crippen LogP contribution in [0.3, 0.4) is 0 Å². The average molecular weight is 566 g/mol. The van der Waals surface area contributed by atoms with Crippen molar-refractivity contribution in [3.63, 3.8) is 0 Å². The summed E-state index contributed by atoms with van der Waals surface area (Å²) < 4.78 is 5.31. The Balaban J connectivity index is 1.92. The zero-order valence-corrected chi connectivity index (χ0v) is 22.4. The Labute approximate surface area is 233 Å². The first-order chi connectivity index (χ1) is 18.9. The summed E-state index contributed by atoms with van der Waals surface area (Å²) in [6.45, 7) is 5.07. The Hall–Kier alpha value is -4.71. The van der Waals surface area contributed by atoms with Gasteiger partial charge in [-0.3, -0.25) is 34.3 Å². The summed E-state index contributed by atoms with van der Waals surface area (Å²) >= 11 is 6.08. The lowest BCUT2D eigenvalue weighted by Crippen LogP contribution is -2.51. The summed E-state index contributed by atoms with van der Waals surface area (Å²) in [7, 11) is 0. The molecular weight excluding hydrogens is 542 g/mol. The zero-order valence-electron chi connectivity index (χ0n) is 21.7. The van der Waals surface area contributed by atoms with Gasteiger partial charge in [0, 0.05) is 40.6 Å². The summed E-state index contributed by atoms with van der Waals surface area (Å²) in [5.74, 6) is -3.94. The molecule has 5 rings (SSSR count). The van der Waals surface area contributed by atoms with Crippen molar-refractivity contribution >= 4 is 52.4 Å². The van der Waals surface area contributed by atoms with Crippen LogP contribution in [-0.4, -0.2) is 46.7 Å². The fourth-order valence-corrected chi connectivity index (χ4v) is 5.53. The minimum atomic E-state index is -2.30. The molecule has 0 saturated carbocycles. The van der Waals surface area contributed by atoms with Crippen LogP contribution in [0.25, 0.3) is 0 Å². The van der Waals surface area contributed by atoms with Crippen molar-refractivity contribution < 1.29 is 28.8 Å². The van der Waals surface area contributed by atoms with Crippen molar-refractivity contribution in [2.24, 2.45) is 11.7 Å². The molecular formula is C27H24ClN5O7. The molecule has 3 aliphatic rings. The van der Waals surface area contributed by atoms with Crippen LogP contribution in [0.2, 0.25) is 5.02 Å². The van der Waals surface area contributed by atoms with Gasteiger partial charge < -0.3 is 15.8 Å². The lowest BCUT2D eigenvalue weighted by Gasteiger charge is -2.39. The first kappa shape index (κ1) is 26.9. The number of halogens is 1. The maximum Gasteiger partial charge on any atom is 0.339 e. The Kier molecular flexibility index (Phi) is 6.38. The van der Waals surface area contributed by atoms with Gasteiger partial charge in [-0.15, -0.1) is 0 Å². The number of esters is 1. The van der Waals surface area contributed by atoms with E-state index < -0.39 is 45.3 Å². The molecule has 40 heavy (non-hydrogen) atoms. The van der Waals surface area contributed by atoms with E-state index in [-0.39, 0.29) is 53.1 Å². The van der Waals surface area contributed by atoms with Gasteiger partial charge in [0.25, 0.3) is 17.5 Å². The number of hydrogen-bond donors (Lipinski definition) is 2. The van der Waals surface area contributed by atoms with Gasteiger partial charge in [-0.2, -0.15) is 0 Å². The molecule has 1 spiro atoms. The van der Waals surface area contributed by atoms with E-state index in [1.807, 2.05) is 13.8 Å². The minimum absolute atomic E-state index is 0.00721. The molecule has 0 aromatic heterocycles. The number of fused-ring (bicyclic) bond motifs is 3. The summed E-state index contributed by atoms with van der Waals surface area (Å²) in [6, 6.07) is 9.73. The number of nitro groups is 1. The summed E-state index contributed by atoms with van der Waals surface area (Å²) in [6.07, 6.45) is 0. The number of imide groups is 1.